The van der Waals surface area contributed by atoms with Crippen LogP contribution in [-0.4, -0.2) is 17.9 Å². The molecule has 20 heavy (non-hydrogen) atoms. The Morgan fingerprint density at radius 3 is 2.45 bits per heavy atom. The third kappa shape index (κ3) is 4.08. The first-order valence-corrected chi connectivity index (χ1v) is 7.23. The fraction of sp³-hybridized carbons (Fsp3) is 0.500. The fourth-order valence-electron chi connectivity index (χ4n) is 2.74. The molecule has 1 fully saturated rings. The quantitative estimate of drug-likeness (QED) is 0.890. The topological polar surface area (TPSA) is 58.2 Å². The smallest absolute Gasteiger partial charge is 0.251 e. The largest absolute Gasteiger partial charge is 0.349 e. The number of hydrogen-bond acceptors (Lipinski definition) is 2. The first-order valence-electron chi connectivity index (χ1n) is 7.23. The second-order valence-corrected chi connectivity index (χ2v) is 5.70. The lowest BCUT2D eigenvalue weighted by atomic mass is 9.87. The van der Waals surface area contributed by atoms with E-state index in [9.17, 15) is 9.59 Å². The van der Waals surface area contributed by atoms with Gasteiger partial charge in [-0.3, -0.25) is 9.59 Å². The van der Waals surface area contributed by atoms with Gasteiger partial charge in [-0.2, -0.15) is 0 Å². The van der Waals surface area contributed by atoms with E-state index in [1.165, 1.54) is 19.8 Å². The minimum atomic E-state index is -0.113. The Morgan fingerprint density at radius 2 is 1.85 bits per heavy atom. The molecule has 0 aromatic heterocycles. The third-order valence-corrected chi connectivity index (χ3v) is 3.74. The van der Waals surface area contributed by atoms with Crippen LogP contribution in [0.2, 0.25) is 0 Å². The summed E-state index contributed by atoms with van der Waals surface area (Å²) < 4.78 is 0. The second kappa shape index (κ2) is 6.55. The van der Waals surface area contributed by atoms with Gasteiger partial charge in [-0.25, -0.2) is 0 Å². The number of anilines is 1. The van der Waals surface area contributed by atoms with Gasteiger partial charge in [0.2, 0.25) is 5.91 Å². The van der Waals surface area contributed by atoms with Crippen LogP contribution in [0.15, 0.2) is 24.3 Å². The van der Waals surface area contributed by atoms with Gasteiger partial charge < -0.3 is 10.6 Å². The van der Waals surface area contributed by atoms with Gasteiger partial charge in [0.05, 0.1) is 0 Å². The van der Waals surface area contributed by atoms with Crippen molar-refractivity contribution >= 4 is 17.5 Å². The minimum Gasteiger partial charge on any atom is -0.349 e. The molecule has 2 atom stereocenters. The molecule has 2 rings (SSSR count). The standard InChI is InChI=1S/C16H22N2O2/c1-11-4-3-5-15(10-11)18-16(20)13-6-8-14(9-7-13)17-12(2)19/h6-9,11,15H,3-5,10H2,1-2H3,(H,17,19)(H,18,20). The average molecular weight is 274 g/mol. The lowest BCUT2D eigenvalue weighted by Crippen LogP contribution is -2.37. The molecule has 4 nitrogen and oxygen atoms in total. The molecule has 2 N–H and O–H groups in total. The summed E-state index contributed by atoms with van der Waals surface area (Å²) in [6.07, 6.45) is 4.58. The molecule has 0 aliphatic heterocycles. The summed E-state index contributed by atoms with van der Waals surface area (Å²) in [6, 6.07) is 7.28. The highest BCUT2D eigenvalue weighted by Crippen LogP contribution is 2.23. The fourth-order valence-corrected chi connectivity index (χ4v) is 2.74. The van der Waals surface area contributed by atoms with E-state index in [1.54, 1.807) is 24.3 Å². The summed E-state index contributed by atoms with van der Waals surface area (Å²) >= 11 is 0. The van der Waals surface area contributed by atoms with Crippen molar-refractivity contribution in [3.63, 3.8) is 0 Å². The number of carbonyl (C=O) groups is 2. The first kappa shape index (κ1) is 14.6. The van der Waals surface area contributed by atoms with Crippen LogP contribution in [0.4, 0.5) is 5.69 Å². The van der Waals surface area contributed by atoms with E-state index in [-0.39, 0.29) is 11.8 Å². The highest BCUT2D eigenvalue weighted by Gasteiger charge is 2.20. The number of carbonyl (C=O) groups excluding carboxylic acids is 2. The number of hydrogen-bond donors (Lipinski definition) is 2. The highest BCUT2D eigenvalue weighted by atomic mass is 16.2. The van der Waals surface area contributed by atoms with Gasteiger partial charge in [-0.1, -0.05) is 19.8 Å². The van der Waals surface area contributed by atoms with Gasteiger partial charge in [-0.05, 0) is 43.0 Å². The van der Waals surface area contributed by atoms with Gasteiger partial charge in [0.25, 0.3) is 5.91 Å². The minimum absolute atomic E-state index is 0.0292. The van der Waals surface area contributed by atoms with Crippen molar-refractivity contribution in [3.8, 4) is 0 Å². The van der Waals surface area contributed by atoms with Crippen LogP contribution in [0.5, 0.6) is 0 Å². The lowest BCUT2D eigenvalue weighted by Gasteiger charge is -2.27. The molecule has 1 aromatic carbocycles. The monoisotopic (exact) mass is 274 g/mol. The van der Waals surface area contributed by atoms with Crippen LogP contribution in [0.3, 0.4) is 0 Å². The van der Waals surface area contributed by atoms with Gasteiger partial charge in [0, 0.05) is 24.2 Å². The van der Waals surface area contributed by atoms with E-state index >= 15 is 0 Å². The zero-order valence-electron chi connectivity index (χ0n) is 12.1. The molecule has 0 heterocycles. The van der Waals surface area contributed by atoms with E-state index in [0.717, 1.165) is 12.8 Å². The predicted octanol–water partition coefficient (Wildman–Crippen LogP) is 2.95. The van der Waals surface area contributed by atoms with Crippen LogP contribution >= 0.6 is 0 Å². The maximum atomic E-state index is 12.2. The number of amides is 2. The highest BCUT2D eigenvalue weighted by molar-refractivity contribution is 5.95. The normalized spacial score (nSPS) is 22.1. The van der Waals surface area contributed by atoms with Crippen molar-refractivity contribution in [3.05, 3.63) is 29.8 Å². The molecular weight excluding hydrogens is 252 g/mol. The molecule has 1 aromatic rings. The second-order valence-electron chi connectivity index (χ2n) is 5.70. The predicted molar refractivity (Wildman–Crippen MR) is 79.6 cm³/mol. The van der Waals surface area contributed by atoms with Crippen LogP contribution in [0, 0.1) is 5.92 Å². The van der Waals surface area contributed by atoms with Crippen LogP contribution in [-0.2, 0) is 4.79 Å². The lowest BCUT2D eigenvalue weighted by molar-refractivity contribution is -0.114. The summed E-state index contributed by atoms with van der Waals surface area (Å²) in [7, 11) is 0. The number of rotatable bonds is 3. The van der Waals surface area contributed by atoms with Crippen molar-refractivity contribution < 1.29 is 9.59 Å². The van der Waals surface area contributed by atoms with Crippen LogP contribution < -0.4 is 10.6 Å². The molecule has 0 bridgehead atoms. The average Bonchev–Trinajstić information content (AvgIpc) is 2.38. The third-order valence-electron chi connectivity index (χ3n) is 3.74. The molecule has 2 unspecified atom stereocenters. The molecule has 0 spiro atoms. The van der Waals surface area contributed by atoms with Gasteiger partial charge in [0.1, 0.15) is 0 Å². The zero-order chi connectivity index (χ0) is 14.5. The maximum Gasteiger partial charge on any atom is 0.251 e. The van der Waals surface area contributed by atoms with Gasteiger partial charge in [0.15, 0.2) is 0 Å². The number of benzene rings is 1. The Balaban J connectivity index is 1.93. The Bertz CT molecular complexity index is 482. The molecule has 108 valence electrons. The molecule has 2 amide bonds. The van der Waals surface area contributed by atoms with Crippen molar-refractivity contribution in [2.75, 3.05) is 5.32 Å². The molecule has 1 aliphatic rings. The Morgan fingerprint density at radius 1 is 1.15 bits per heavy atom. The Labute approximate surface area is 119 Å². The van der Waals surface area contributed by atoms with E-state index < -0.39 is 0 Å². The molecule has 0 radical (unpaired) electrons. The number of nitrogens with one attached hydrogen (secondary N) is 2. The molecule has 1 aliphatic carbocycles. The van der Waals surface area contributed by atoms with Crippen molar-refractivity contribution in [1.29, 1.82) is 0 Å². The summed E-state index contributed by atoms with van der Waals surface area (Å²) in [5.74, 6) is 0.549. The summed E-state index contributed by atoms with van der Waals surface area (Å²) in [4.78, 5) is 23.1. The van der Waals surface area contributed by atoms with Crippen molar-refractivity contribution in [2.45, 2.75) is 45.6 Å². The van der Waals surface area contributed by atoms with Crippen LogP contribution in [0.25, 0.3) is 0 Å². The Kier molecular flexibility index (Phi) is 4.77. The van der Waals surface area contributed by atoms with E-state index in [2.05, 4.69) is 17.6 Å². The van der Waals surface area contributed by atoms with E-state index in [0.29, 0.717) is 23.2 Å². The summed E-state index contributed by atoms with van der Waals surface area (Å²) in [5.41, 5.74) is 1.35. The molecule has 0 saturated heterocycles. The summed E-state index contributed by atoms with van der Waals surface area (Å²) in [6.45, 7) is 3.70. The van der Waals surface area contributed by atoms with Crippen molar-refractivity contribution in [2.24, 2.45) is 5.92 Å². The molecule has 4 heteroatoms. The first-order chi connectivity index (χ1) is 9.54. The van der Waals surface area contributed by atoms with E-state index in [4.69, 9.17) is 0 Å². The molecular formula is C16H22N2O2. The Hall–Kier alpha value is -1.84. The van der Waals surface area contributed by atoms with Gasteiger partial charge in [-0.15, -0.1) is 0 Å². The maximum absolute atomic E-state index is 12.2. The molecule has 1 saturated carbocycles. The van der Waals surface area contributed by atoms with Crippen LogP contribution in [0.1, 0.15) is 49.9 Å². The van der Waals surface area contributed by atoms with Crippen molar-refractivity contribution in [1.82, 2.24) is 5.32 Å². The van der Waals surface area contributed by atoms with Gasteiger partial charge >= 0.3 is 0 Å². The summed E-state index contributed by atoms with van der Waals surface area (Å²) in [5, 5.41) is 5.79. The van der Waals surface area contributed by atoms with E-state index in [1.807, 2.05) is 0 Å². The zero-order valence-corrected chi connectivity index (χ0v) is 12.1. The SMILES string of the molecule is CC(=O)Nc1ccc(C(=O)NC2CCCC(C)C2)cc1.